The van der Waals surface area contributed by atoms with E-state index in [9.17, 15) is 33.4 Å². The Balaban J connectivity index is 1.73. The second-order valence-electron chi connectivity index (χ2n) is 9.07. The first kappa shape index (κ1) is 24.9. The Morgan fingerprint density at radius 1 is 0.947 bits per heavy atom. The number of benzene rings is 3. The van der Waals surface area contributed by atoms with E-state index in [1.807, 2.05) is 60.7 Å². The van der Waals surface area contributed by atoms with E-state index >= 15 is 0 Å². The molecule has 0 saturated heterocycles. The summed E-state index contributed by atoms with van der Waals surface area (Å²) in [6.07, 6.45) is 1.08. The maximum atomic E-state index is 14.6. The lowest BCUT2D eigenvalue weighted by Gasteiger charge is -2.40. The highest BCUT2D eigenvalue weighted by Crippen LogP contribution is 2.40. The average Bonchev–Trinajstić information content (AvgIpc) is 2.91. The van der Waals surface area contributed by atoms with Crippen LogP contribution in [0.4, 0.5) is 8.78 Å². The van der Waals surface area contributed by atoms with E-state index in [1.165, 1.54) is 15.5 Å². The third kappa shape index (κ3) is 4.43. The van der Waals surface area contributed by atoms with Gasteiger partial charge in [0.15, 0.2) is 11.4 Å². The van der Waals surface area contributed by atoms with Gasteiger partial charge in [-0.15, -0.1) is 0 Å². The van der Waals surface area contributed by atoms with Crippen molar-refractivity contribution in [1.29, 1.82) is 0 Å². The van der Waals surface area contributed by atoms with Gasteiger partial charge >= 0.3 is 5.97 Å². The molecule has 192 valence electrons. The number of fused-ring (bicyclic) bond motifs is 1. The quantitative estimate of drug-likeness (QED) is 0.392. The molecule has 0 saturated carbocycles. The van der Waals surface area contributed by atoms with Gasteiger partial charge in [-0.1, -0.05) is 66.7 Å². The normalized spacial score (nSPS) is 15.0. The molecule has 0 spiro atoms. The molecule has 1 aliphatic rings. The van der Waals surface area contributed by atoms with Gasteiger partial charge in [0.05, 0.1) is 6.04 Å². The zero-order valence-electron chi connectivity index (χ0n) is 19.9. The molecule has 1 atom stereocenters. The Morgan fingerprint density at radius 3 is 2.11 bits per heavy atom. The molecule has 2 N–H and O–H groups in total. The number of aromatic carboxylic acids is 1. The second-order valence-corrected chi connectivity index (χ2v) is 9.07. The zero-order valence-corrected chi connectivity index (χ0v) is 19.9. The van der Waals surface area contributed by atoms with Crippen molar-refractivity contribution in [2.75, 3.05) is 6.54 Å². The van der Waals surface area contributed by atoms with Crippen molar-refractivity contribution in [3.8, 4) is 5.75 Å². The molecule has 1 unspecified atom stereocenters. The highest BCUT2D eigenvalue weighted by Gasteiger charge is 2.40. The summed E-state index contributed by atoms with van der Waals surface area (Å²) in [6.45, 7) is -0.273. The predicted octanol–water partition coefficient (Wildman–Crippen LogP) is 4.56. The van der Waals surface area contributed by atoms with Crippen LogP contribution in [-0.2, 0) is 6.54 Å². The highest BCUT2D eigenvalue weighted by molar-refractivity contribution is 5.97. The summed E-state index contributed by atoms with van der Waals surface area (Å²) in [6, 6.07) is 20.9. The lowest BCUT2D eigenvalue weighted by molar-refractivity contribution is 0.0622. The highest BCUT2D eigenvalue weighted by atomic mass is 19.1. The van der Waals surface area contributed by atoms with Gasteiger partial charge in [-0.3, -0.25) is 9.59 Å². The van der Waals surface area contributed by atoms with Crippen LogP contribution < -0.4 is 5.43 Å². The molecule has 3 aromatic carbocycles. The van der Waals surface area contributed by atoms with E-state index in [4.69, 9.17) is 0 Å². The topological polar surface area (TPSA) is 99.8 Å². The molecule has 1 amide bonds. The fourth-order valence-electron chi connectivity index (χ4n) is 5.01. The van der Waals surface area contributed by atoms with Crippen molar-refractivity contribution >= 4 is 11.9 Å². The lowest BCUT2D eigenvalue weighted by atomic mass is 9.83. The van der Waals surface area contributed by atoms with Crippen molar-refractivity contribution in [2.45, 2.75) is 18.5 Å². The van der Waals surface area contributed by atoms with Crippen molar-refractivity contribution in [1.82, 2.24) is 9.47 Å². The minimum atomic E-state index is -1.54. The van der Waals surface area contributed by atoms with Crippen LogP contribution in [0.3, 0.4) is 0 Å². The minimum Gasteiger partial charge on any atom is -0.503 e. The van der Waals surface area contributed by atoms with Crippen molar-refractivity contribution in [3.05, 3.63) is 135 Å². The number of rotatable bonds is 6. The number of hydrogen-bond donors (Lipinski definition) is 2. The summed E-state index contributed by atoms with van der Waals surface area (Å²) in [4.78, 5) is 39.4. The largest absolute Gasteiger partial charge is 0.503 e. The average molecular weight is 517 g/mol. The van der Waals surface area contributed by atoms with Crippen LogP contribution in [0.2, 0.25) is 0 Å². The number of amides is 1. The number of nitrogens with zero attached hydrogens (tertiary/aromatic N) is 2. The Labute approximate surface area is 215 Å². The van der Waals surface area contributed by atoms with Crippen LogP contribution in [0.15, 0.2) is 89.9 Å². The third-order valence-electron chi connectivity index (χ3n) is 6.77. The Bertz CT molecular complexity index is 1550. The van der Waals surface area contributed by atoms with Gasteiger partial charge in [-0.05, 0) is 17.2 Å². The molecule has 0 fully saturated rings. The van der Waals surface area contributed by atoms with Crippen LogP contribution in [-0.4, -0.2) is 38.1 Å². The van der Waals surface area contributed by atoms with E-state index in [0.717, 1.165) is 23.4 Å². The monoisotopic (exact) mass is 516 g/mol. The van der Waals surface area contributed by atoms with Gasteiger partial charge in [0.2, 0.25) is 5.43 Å². The van der Waals surface area contributed by atoms with Crippen molar-refractivity contribution < 1.29 is 28.6 Å². The molecule has 0 bridgehead atoms. The second kappa shape index (κ2) is 9.93. The molecule has 4 aromatic rings. The maximum absolute atomic E-state index is 14.6. The lowest BCUT2D eigenvalue weighted by Crippen LogP contribution is -2.46. The Hall–Kier alpha value is -4.79. The third-order valence-corrected chi connectivity index (χ3v) is 6.77. The molecule has 7 nitrogen and oxygen atoms in total. The summed E-state index contributed by atoms with van der Waals surface area (Å²) < 4.78 is 29.4. The van der Waals surface area contributed by atoms with Crippen LogP contribution in [0.1, 0.15) is 49.5 Å². The first-order valence-electron chi connectivity index (χ1n) is 11.8. The van der Waals surface area contributed by atoms with Gasteiger partial charge in [0.25, 0.3) is 5.91 Å². The van der Waals surface area contributed by atoms with Gasteiger partial charge in [0.1, 0.15) is 17.2 Å². The van der Waals surface area contributed by atoms with E-state index in [2.05, 4.69) is 0 Å². The molecule has 2 heterocycles. The van der Waals surface area contributed by atoms with Crippen LogP contribution in [0.25, 0.3) is 0 Å². The van der Waals surface area contributed by atoms with Gasteiger partial charge < -0.3 is 19.7 Å². The number of halogens is 2. The standard InChI is InChI=1S/C29H22F2N2O5/c30-20-12-11-19(22(31)13-20)14-32-16-23(24(17-7-3-1-4-8-17)18-9-5-2-6-10-18)33-15-21(29(37)38)26(34)27(35)25(33)28(32)36/h1-13,15,23-24,35H,14,16H2,(H,37,38). The molecule has 1 aliphatic heterocycles. The molecular formula is C29H22F2N2O5. The summed E-state index contributed by atoms with van der Waals surface area (Å²) in [5, 5.41) is 20.4. The predicted molar refractivity (Wildman–Crippen MR) is 134 cm³/mol. The Kier molecular flexibility index (Phi) is 6.50. The van der Waals surface area contributed by atoms with E-state index in [-0.39, 0.29) is 18.7 Å². The number of carboxylic acid groups (broad SMARTS) is 1. The van der Waals surface area contributed by atoms with E-state index in [0.29, 0.717) is 6.07 Å². The Morgan fingerprint density at radius 2 is 1.55 bits per heavy atom. The molecular weight excluding hydrogens is 494 g/mol. The van der Waals surface area contributed by atoms with E-state index < -0.39 is 57.9 Å². The van der Waals surface area contributed by atoms with Crippen molar-refractivity contribution in [2.24, 2.45) is 0 Å². The van der Waals surface area contributed by atoms with Gasteiger partial charge in [-0.25, -0.2) is 13.6 Å². The number of aromatic nitrogens is 1. The molecule has 0 radical (unpaired) electrons. The smallest absolute Gasteiger partial charge is 0.341 e. The van der Waals surface area contributed by atoms with Gasteiger partial charge in [-0.2, -0.15) is 0 Å². The molecule has 38 heavy (non-hydrogen) atoms. The summed E-state index contributed by atoms with van der Waals surface area (Å²) in [5.41, 5.74) is -0.537. The molecule has 5 rings (SSSR count). The first-order chi connectivity index (χ1) is 18.3. The number of hydrogen-bond acceptors (Lipinski definition) is 4. The maximum Gasteiger partial charge on any atom is 0.341 e. The number of carboxylic acids is 1. The number of carbonyl (C=O) groups is 2. The number of pyridine rings is 1. The fourth-order valence-corrected chi connectivity index (χ4v) is 5.01. The summed E-state index contributed by atoms with van der Waals surface area (Å²) in [5.74, 6) is -5.38. The van der Waals surface area contributed by atoms with Crippen molar-refractivity contribution in [3.63, 3.8) is 0 Å². The first-order valence-corrected chi connectivity index (χ1v) is 11.8. The fraction of sp³-hybridized carbons (Fsp3) is 0.138. The zero-order chi connectivity index (χ0) is 27.0. The summed E-state index contributed by atoms with van der Waals surface area (Å²) in [7, 11) is 0. The van der Waals surface area contributed by atoms with Crippen LogP contribution >= 0.6 is 0 Å². The van der Waals surface area contributed by atoms with E-state index in [1.54, 1.807) is 0 Å². The molecule has 1 aromatic heterocycles. The van der Waals surface area contributed by atoms with Crippen LogP contribution in [0.5, 0.6) is 5.75 Å². The molecule has 0 aliphatic carbocycles. The minimum absolute atomic E-state index is 0.0154. The summed E-state index contributed by atoms with van der Waals surface area (Å²) >= 11 is 0. The van der Waals surface area contributed by atoms with Gasteiger partial charge in [0, 0.05) is 36.8 Å². The number of aromatic hydroxyl groups is 1. The molecule has 9 heteroatoms. The number of carbonyl (C=O) groups excluding carboxylic acids is 1. The van der Waals surface area contributed by atoms with Crippen LogP contribution in [0, 0.1) is 11.6 Å². The SMILES string of the molecule is O=C(O)c1cn2c(c(O)c1=O)C(=O)N(Cc1ccc(F)cc1F)CC2C(c1ccccc1)c1ccccc1.